The van der Waals surface area contributed by atoms with E-state index >= 15 is 0 Å². The zero-order valence-electron chi connectivity index (χ0n) is 14.2. The van der Waals surface area contributed by atoms with E-state index in [-0.39, 0.29) is 29.2 Å². The molecule has 0 fully saturated rings. The molecule has 0 heterocycles. The summed E-state index contributed by atoms with van der Waals surface area (Å²) >= 11 is 0. The number of methoxy groups -OCH3 is 1. The maximum atomic E-state index is 12.0. The summed E-state index contributed by atoms with van der Waals surface area (Å²) in [7, 11) is 1.20. The van der Waals surface area contributed by atoms with Crippen LogP contribution in [0.15, 0.2) is 18.2 Å². The van der Waals surface area contributed by atoms with Gasteiger partial charge in [0.2, 0.25) is 0 Å². The van der Waals surface area contributed by atoms with Crippen molar-refractivity contribution in [3.8, 4) is 29.4 Å². The van der Waals surface area contributed by atoms with E-state index in [1.54, 1.807) is 13.0 Å². The second-order valence-electron chi connectivity index (χ2n) is 5.35. The van der Waals surface area contributed by atoms with Gasteiger partial charge in [-0.05, 0) is 36.7 Å². The highest BCUT2D eigenvalue weighted by Gasteiger charge is 2.25. The van der Waals surface area contributed by atoms with Crippen molar-refractivity contribution in [1.29, 1.82) is 0 Å². The van der Waals surface area contributed by atoms with Gasteiger partial charge in [-0.15, -0.1) is 0 Å². The fourth-order valence-corrected chi connectivity index (χ4v) is 1.95. The number of phenols is 1. The van der Waals surface area contributed by atoms with Gasteiger partial charge in [0.15, 0.2) is 6.10 Å². The van der Waals surface area contributed by atoms with Crippen molar-refractivity contribution in [3.63, 3.8) is 0 Å². The minimum atomic E-state index is -1.03. The van der Waals surface area contributed by atoms with E-state index in [1.807, 2.05) is 13.8 Å². The van der Waals surface area contributed by atoms with Crippen molar-refractivity contribution in [1.82, 2.24) is 0 Å². The van der Waals surface area contributed by atoms with E-state index < -0.39 is 18.0 Å². The highest BCUT2D eigenvalue weighted by Crippen LogP contribution is 2.29. The number of hydrogen-bond acceptors (Lipinski definition) is 5. The largest absolute Gasteiger partial charge is 0.507 e. The number of hydrogen-bond donors (Lipinski definition) is 1. The lowest BCUT2D eigenvalue weighted by molar-refractivity contribution is -0.147. The molecule has 0 aromatic heterocycles. The third kappa shape index (κ3) is 5.37. The zero-order valence-corrected chi connectivity index (χ0v) is 14.2. The van der Waals surface area contributed by atoms with E-state index in [2.05, 4.69) is 28.4 Å². The van der Waals surface area contributed by atoms with E-state index in [4.69, 9.17) is 4.74 Å². The molecular formula is C19H20O5. The van der Waals surface area contributed by atoms with Gasteiger partial charge in [0.05, 0.1) is 7.11 Å². The van der Waals surface area contributed by atoms with Gasteiger partial charge >= 0.3 is 11.9 Å². The molecule has 5 heteroatoms. The van der Waals surface area contributed by atoms with Gasteiger partial charge in [-0.2, -0.15) is 0 Å². The Balaban J connectivity index is 3.31. The van der Waals surface area contributed by atoms with Crippen LogP contribution in [0.3, 0.4) is 0 Å². The van der Waals surface area contributed by atoms with Gasteiger partial charge in [0, 0.05) is 12.0 Å². The minimum absolute atomic E-state index is 0.0823. The van der Waals surface area contributed by atoms with Crippen molar-refractivity contribution < 1.29 is 24.2 Å². The fraction of sp³-hybridized carbons (Fsp3) is 0.368. The zero-order chi connectivity index (χ0) is 18.1. The van der Waals surface area contributed by atoms with Crippen molar-refractivity contribution in [2.75, 3.05) is 7.11 Å². The predicted octanol–water partition coefficient (Wildman–Crippen LogP) is 2.84. The smallest absolute Gasteiger partial charge is 0.342 e. The number of phenolic OH excluding ortho intramolecular Hbond substituents is 1. The second kappa shape index (κ2) is 9.27. The van der Waals surface area contributed by atoms with Crippen LogP contribution in [-0.2, 0) is 14.3 Å². The van der Waals surface area contributed by atoms with Gasteiger partial charge in [-0.25, -0.2) is 4.79 Å². The van der Waals surface area contributed by atoms with Gasteiger partial charge in [-0.3, -0.25) is 4.79 Å². The number of carbonyl (C=O) groups is 2. The lowest BCUT2D eigenvalue weighted by Gasteiger charge is -2.17. The van der Waals surface area contributed by atoms with Crippen LogP contribution >= 0.6 is 0 Å². The Morgan fingerprint density at radius 3 is 2.54 bits per heavy atom. The fourth-order valence-electron chi connectivity index (χ4n) is 1.95. The lowest BCUT2D eigenvalue weighted by Crippen LogP contribution is -2.16. The van der Waals surface area contributed by atoms with Crippen LogP contribution in [0, 0.1) is 29.6 Å². The van der Waals surface area contributed by atoms with Crippen LogP contribution in [0.1, 0.15) is 49.2 Å². The molecule has 24 heavy (non-hydrogen) atoms. The first-order chi connectivity index (χ1) is 11.4. The van der Waals surface area contributed by atoms with E-state index in [0.717, 1.165) is 0 Å². The van der Waals surface area contributed by atoms with Crippen molar-refractivity contribution in [3.05, 3.63) is 29.3 Å². The molecule has 1 aromatic carbocycles. The molecule has 1 atom stereocenters. The first-order valence-corrected chi connectivity index (χ1v) is 7.42. The summed E-state index contributed by atoms with van der Waals surface area (Å²) in [6.07, 6.45) is -0.817. The summed E-state index contributed by atoms with van der Waals surface area (Å²) in [6.45, 7) is 5.40. The van der Waals surface area contributed by atoms with Crippen molar-refractivity contribution >= 4 is 11.9 Å². The first-order valence-electron chi connectivity index (χ1n) is 7.42. The maximum absolute atomic E-state index is 12.0. The number of esters is 2. The van der Waals surface area contributed by atoms with E-state index in [9.17, 15) is 14.7 Å². The Kier molecular flexibility index (Phi) is 7.39. The van der Waals surface area contributed by atoms with Crippen molar-refractivity contribution in [2.24, 2.45) is 5.92 Å². The number of rotatable bonds is 5. The first kappa shape index (κ1) is 19.1. The average Bonchev–Trinajstić information content (AvgIpc) is 2.52. The molecule has 5 nitrogen and oxygen atoms in total. The van der Waals surface area contributed by atoms with Crippen molar-refractivity contribution in [2.45, 2.75) is 33.3 Å². The quantitative estimate of drug-likeness (QED) is 0.665. The SMILES string of the molecule is CC#CC#CC(OC(=O)CC(C)C)c1cccc(O)c1C(=O)OC. The minimum Gasteiger partial charge on any atom is -0.507 e. The summed E-state index contributed by atoms with van der Waals surface area (Å²) < 4.78 is 10.1. The molecule has 1 rings (SSSR count). The molecule has 0 bridgehead atoms. The van der Waals surface area contributed by atoms with Gasteiger partial charge in [0.25, 0.3) is 0 Å². The third-order valence-electron chi connectivity index (χ3n) is 2.96. The Bertz CT molecular complexity index is 726. The number of benzene rings is 1. The summed E-state index contributed by atoms with van der Waals surface area (Å²) in [5.74, 6) is 9.10. The monoisotopic (exact) mass is 328 g/mol. The van der Waals surface area contributed by atoms with E-state index in [1.165, 1.54) is 19.2 Å². The highest BCUT2D eigenvalue weighted by molar-refractivity contribution is 5.94. The maximum Gasteiger partial charge on any atom is 0.342 e. The molecule has 0 aliphatic heterocycles. The molecule has 0 amide bonds. The highest BCUT2D eigenvalue weighted by atomic mass is 16.5. The summed E-state index contributed by atoms with van der Waals surface area (Å²) in [4.78, 5) is 24.0. The third-order valence-corrected chi connectivity index (χ3v) is 2.96. The average molecular weight is 328 g/mol. The Morgan fingerprint density at radius 2 is 1.96 bits per heavy atom. The van der Waals surface area contributed by atoms with Crippen LogP contribution < -0.4 is 0 Å². The van der Waals surface area contributed by atoms with Crippen LogP contribution in [0.2, 0.25) is 0 Å². The Hall–Kier alpha value is -2.92. The molecule has 1 N–H and O–H groups in total. The van der Waals surface area contributed by atoms with Crippen LogP contribution in [0.5, 0.6) is 5.75 Å². The Labute approximate surface area is 142 Å². The molecule has 0 aliphatic rings. The molecule has 0 aliphatic carbocycles. The molecule has 0 saturated heterocycles. The Morgan fingerprint density at radius 1 is 1.25 bits per heavy atom. The molecular weight excluding hydrogens is 308 g/mol. The second-order valence-corrected chi connectivity index (χ2v) is 5.35. The standard InChI is InChI=1S/C19H20O5/c1-5-6-7-11-16(24-17(21)12-13(2)3)14-9-8-10-15(20)18(14)19(22)23-4/h8-10,13,16,20H,12H2,1-4H3. The molecule has 0 spiro atoms. The lowest BCUT2D eigenvalue weighted by atomic mass is 10.0. The molecule has 1 unspecified atom stereocenters. The summed E-state index contributed by atoms with van der Waals surface area (Å²) in [5, 5.41) is 9.98. The molecule has 0 radical (unpaired) electrons. The molecule has 1 aromatic rings. The normalized spacial score (nSPS) is 10.7. The number of ether oxygens (including phenoxy) is 2. The van der Waals surface area contributed by atoms with Crippen LogP contribution in [-0.4, -0.2) is 24.2 Å². The van der Waals surface area contributed by atoms with E-state index in [0.29, 0.717) is 0 Å². The van der Waals surface area contributed by atoms with Gasteiger partial charge in [-0.1, -0.05) is 31.9 Å². The predicted molar refractivity (Wildman–Crippen MR) is 89.0 cm³/mol. The van der Waals surface area contributed by atoms with Crippen LogP contribution in [0.4, 0.5) is 0 Å². The summed E-state index contributed by atoms with van der Waals surface area (Å²) in [6, 6.07) is 4.43. The van der Waals surface area contributed by atoms with Gasteiger partial charge in [0.1, 0.15) is 11.3 Å². The molecule has 0 saturated carbocycles. The molecule has 126 valence electrons. The number of carbonyl (C=O) groups excluding carboxylic acids is 2. The topological polar surface area (TPSA) is 72.8 Å². The number of aromatic hydroxyl groups is 1. The summed E-state index contributed by atoms with van der Waals surface area (Å²) in [5.41, 5.74) is 0.172. The van der Waals surface area contributed by atoms with Gasteiger partial charge < -0.3 is 14.6 Å². The van der Waals surface area contributed by atoms with Crippen LogP contribution in [0.25, 0.3) is 0 Å².